The minimum atomic E-state index is -0.474. The van der Waals surface area contributed by atoms with Crippen LogP contribution in [0.4, 0.5) is 5.69 Å². The lowest BCUT2D eigenvalue weighted by molar-refractivity contribution is 0.0908. The zero-order valence-corrected chi connectivity index (χ0v) is 21.2. The number of ether oxygens (including phenoxy) is 1. The number of benzene rings is 3. The third kappa shape index (κ3) is 5.94. The highest BCUT2D eigenvalue weighted by molar-refractivity contribution is 6.07. The molecule has 1 unspecified atom stereocenters. The summed E-state index contributed by atoms with van der Waals surface area (Å²) in [5.74, 6) is 0.180. The Morgan fingerprint density at radius 1 is 0.944 bits per heavy atom. The number of likely N-dealkylation sites (N-methyl/N-ethyl adjacent to an activating group) is 1. The number of hydrogen-bond acceptors (Lipinski definition) is 4. The van der Waals surface area contributed by atoms with E-state index in [1.54, 1.807) is 11.0 Å². The predicted octanol–water partition coefficient (Wildman–Crippen LogP) is 5.15. The second-order valence-corrected chi connectivity index (χ2v) is 8.92. The van der Waals surface area contributed by atoms with Gasteiger partial charge in [-0.3, -0.25) is 14.5 Å². The minimum absolute atomic E-state index is 0.126. The third-order valence-corrected chi connectivity index (χ3v) is 6.71. The van der Waals surface area contributed by atoms with Crippen molar-refractivity contribution in [2.75, 3.05) is 31.1 Å². The first-order valence-corrected chi connectivity index (χ1v) is 12.8. The average Bonchev–Trinajstić information content (AvgIpc) is 3.10. The van der Waals surface area contributed by atoms with Gasteiger partial charge in [0.15, 0.2) is 0 Å². The Morgan fingerprint density at radius 3 is 2.42 bits per heavy atom. The maximum Gasteiger partial charge on any atom is 0.259 e. The molecule has 1 aliphatic rings. The molecular weight excluding hydrogens is 450 g/mol. The highest BCUT2D eigenvalue weighted by Crippen LogP contribution is 2.31. The highest BCUT2D eigenvalue weighted by atomic mass is 16.5. The first-order valence-electron chi connectivity index (χ1n) is 12.8. The molecule has 188 valence electrons. The molecule has 1 atom stereocenters. The number of rotatable bonds is 9. The lowest BCUT2D eigenvalue weighted by Gasteiger charge is -2.32. The SMILES string of the molecule is CCN(CC)CCOc1ccccc1C(=O)NC1CCCc2ccccc2N1C(=O)c1ccccc1. The number of carbonyl (C=O) groups excluding carboxylic acids is 2. The van der Waals surface area contributed by atoms with Crippen molar-refractivity contribution < 1.29 is 14.3 Å². The van der Waals surface area contributed by atoms with E-state index in [1.165, 1.54) is 0 Å². The molecule has 1 N–H and O–H groups in total. The Labute approximate surface area is 213 Å². The maximum absolute atomic E-state index is 13.7. The number of para-hydroxylation sites is 2. The second kappa shape index (κ2) is 12.4. The van der Waals surface area contributed by atoms with Crippen LogP contribution in [0.5, 0.6) is 5.75 Å². The van der Waals surface area contributed by atoms with Gasteiger partial charge in [0.25, 0.3) is 11.8 Å². The van der Waals surface area contributed by atoms with E-state index in [9.17, 15) is 9.59 Å². The molecule has 0 spiro atoms. The molecule has 0 saturated heterocycles. The van der Waals surface area contributed by atoms with Crippen LogP contribution in [-0.2, 0) is 6.42 Å². The van der Waals surface area contributed by atoms with E-state index in [0.29, 0.717) is 29.9 Å². The molecule has 0 bridgehead atoms. The van der Waals surface area contributed by atoms with Gasteiger partial charge in [-0.15, -0.1) is 0 Å². The van der Waals surface area contributed by atoms with Gasteiger partial charge in [-0.1, -0.05) is 62.4 Å². The largest absolute Gasteiger partial charge is 0.491 e. The molecular formula is C30H35N3O3. The predicted molar refractivity (Wildman–Crippen MR) is 144 cm³/mol. The summed E-state index contributed by atoms with van der Waals surface area (Å²) >= 11 is 0. The van der Waals surface area contributed by atoms with E-state index >= 15 is 0 Å². The summed E-state index contributed by atoms with van der Waals surface area (Å²) in [6.07, 6.45) is 1.90. The second-order valence-electron chi connectivity index (χ2n) is 8.92. The zero-order valence-electron chi connectivity index (χ0n) is 21.2. The minimum Gasteiger partial charge on any atom is -0.491 e. The number of amides is 2. The van der Waals surface area contributed by atoms with Crippen LogP contribution in [0.2, 0.25) is 0 Å². The number of carbonyl (C=O) groups is 2. The lowest BCUT2D eigenvalue weighted by atomic mass is 10.1. The Hall–Kier alpha value is -3.64. The Balaban J connectivity index is 1.58. The van der Waals surface area contributed by atoms with E-state index in [2.05, 4.69) is 30.1 Å². The van der Waals surface area contributed by atoms with Crippen molar-refractivity contribution in [2.24, 2.45) is 0 Å². The van der Waals surface area contributed by atoms with Crippen LogP contribution in [0.15, 0.2) is 78.9 Å². The third-order valence-electron chi connectivity index (χ3n) is 6.71. The number of fused-ring (bicyclic) bond motifs is 1. The quantitative estimate of drug-likeness (QED) is 0.456. The molecule has 0 fully saturated rings. The Kier molecular flexibility index (Phi) is 8.74. The van der Waals surface area contributed by atoms with Crippen molar-refractivity contribution in [1.82, 2.24) is 10.2 Å². The van der Waals surface area contributed by atoms with Crippen LogP contribution < -0.4 is 15.0 Å². The zero-order chi connectivity index (χ0) is 25.3. The van der Waals surface area contributed by atoms with Crippen molar-refractivity contribution in [3.05, 3.63) is 95.6 Å². The molecule has 4 rings (SSSR count). The van der Waals surface area contributed by atoms with E-state index in [0.717, 1.165) is 43.7 Å². The number of anilines is 1. The molecule has 0 aliphatic carbocycles. The number of hydrogen-bond donors (Lipinski definition) is 1. The lowest BCUT2D eigenvalue weighted by Crippen LogP contribution is -2.51. The maximum atomic E-state index is 13.7. The number of nitrogens with zero attached hydrogens (tertiary/aromatic N) is 2. The summed E-state index contributed by atoms with van der Waals surface area (Å²) < 4.78 is 6.02. The van der Waals surface area contributed by atoms with Crippen molar-refractivity contribution in [3.63, 3.8) is 0 Å². The van der Waals surface area contributed by atoms with Crippen molar-refractivity contribution in [3.8, 4) is 5.75 Å². The number of nitrogens with one attached hydrogen (secondary N) is 1. The van der Waals surface area contributed by atoms with Gasteiger partial charge in [-0.25, -0.2) is 0 Å². The fourth-order valence-electron chi connectivity index (χ4n) is 4.68. The van der Waals surface area contributed by atoms with Crippen LogP contribution in [0.3, 0.4) is 0 Å². The van der Waals surface area contributed by atoms with Gasteiger partial charge < -0.3 is 15.0 Å². The molecule has 0 radical (unpaired) electrons. The summed E-state index contributed by atoms with van der Waals surface area (Å²) in [7, 11) is 0. The van der Waals surface area contributed by atoms with E-state index in [1.807, 2.05) is 66.7 Å². The first-order chi connectivity index (χ1) is 17.6. The highest BCUT2D eigenvalue weighted by Gasteiger charge is 2.31. The van der Waals surface area contributed by atoms with Crippen LogP contribution in [0.25, 0.3) is 0 Å². The summed E-state index contributed by atoms with van der Waals surface area (Å²) in [6.45, 7) is 7.45. The molecule has 1 aliphatic heterocycles. The topological polar surface area (TPSA) is 61.9 Å². The van der Waals surface area contributed by atoms with Crippen LogP contribution in [0, 0.1) is 0 Å². The van der Waals surface area contributed by atoms with Gasteiger partial charge >= 0.3 is 0 Å². The fraction of sp³-hybridized carbons (Fsp3) is 0.333. The number of aryl methyl sites for hydroxylation is 1. The van der Waals surface area contributed by atoms with Crippen molar-refractivity contribution >= 4 is 17.5 Å². The Morgan fingerprint density at radius 2 is 1.64 bits per heavy atom. The van der Waals surface area contributed by atoms with Gasteiger partial charge in [0.05, 0.1) is 5.56 Å². The average molecular weight is 486 g/mol. The van der Waals surface area contributed by atoms with Gasteiger partial charge in [-0.05, 0) is 68.2 Å². The standard InChI is InChI=1S/C30H35N3O3/c1-3-32(4-2)21-22-36-27-19-11-9-17-25(27)29(34)31-28-20-12-16-23-13-8-10-18-26(23)33(28)30(35)24-14-6-5-7-15-24/h5-11,13-15,17-19,28H,3-4,12,16,20-22H2,1-2H3,(H,31,34). The van der Waals surface area contributed by atoms with Crippen molar-refractivity contribution in [2.45, 2.75) is 39.3 Å². The summed E-state index contributed by atoms with van der Waals surface area (Å²) in [4.78, 5) is 31.3. The summed E-state index contributed by atoms with van der Waals surface area (Å²) in [5, 5.41) is 3.15. The van der Waals surface area contributed by atoms with E-state index in [4.69, 9.17) is 4.74 Å². The molecule has 1 heterocycles. The summed E-state index contributed by atoms with van der Waals surface area (Å²) in [5.41, 5.74) is 3.02. The van der Waals surface area contributed by atoms with Gasteiger partial charge in [-0.2, -0.15) is 0 Å². The molecule has 3 aromatic carbocycles. The summed E-state index contributed by atoms with van der Waals surface area (Å²) in [6, 6.07) is 24.5. The van der Waals surface area contributed by atoms with Crippen LogP contribution in [-0.4, -0.2) is 49.1 Å². The monoisotopic (exact) mass is 485 g/mol. The molecule has 6 nitrogen and oxygen atoms in total. The van der Waals surface area contributed by atoms with Crippen LogP contribution >= 0.6 is 0 Å². The molecule has 0 aromatic heterocycles. The molecule has 6 heteroatoms. The smallest absolute Gasteiger partial charge is 0.259 e. The molecule has 0 saturated carbocycles. The molecule has 3 aromatic rings. The Bertz CT molecular complexity index is 1160. The first kappa shape index (κ1) is 25.5. The van der Waals surface area contributed by atoms with Crippen LogP contribution in [0.1, 0.15) is 53.0 Å². The van der Waals surface area contributed by atoms with Gasteiger partial charge in [0, 0.05) is 17.8 Å². The molecule has 2 amide bonds. The molecule has 36 heavy (non-hydrogen) atoms. The van der Waals surface area contributed by atoms with E-state index < -0.39 is 6.17 Å². The fourth-order valence-corrected chi connectivity index (χ4v) is 4.68. The van der Waals surface area contributed by atoms with Gasteiger partial charge in [0.2, 0.25) is 0 Å². The van der Waals surface area contributed by atoms with E-state index in [-0.39, 0.29) is 11.8 Å². The normalized spacial score (nSPS) is 15.2. The van der Waals surface area contributed by atoms with Crippen molar-refractivity contribution in [1.29, 1.82) is 0 Å². The van der Waals surface area contributed by atoms with Gasteiger partial charge in [0.1, 0.15) is 18.5 Å².